The number of unbranched alkanes of at least 4 members (excludes halogenated alkanes) is 2. The van der Waals surface area contributed by atoms with E-state index in [4.69, 9.17) is 13.9 Å². The van der Waals surface area contributed by atoms with Crippen LogP contribution in [0.25, 0.3) is 11.3 Å². The standard InChI is InChI=1S/C27H37N3O9/c1-5-8-9-10-18(19(6-2)30(36)16-31)25(33)28-15-29-26(34)22-12-11-21(39-22)17-13-20(32)24(27(35)37-4)23(14-17)38-7-3/h11-14,16,18-19,32,36H,5-10,15H2,1-4H3,(H,28,33)(H,29,34)/t18?,19-/m1/s1. The normalized spacial score (nSPS) is 12.2. The molecule has 12 nitrogen and oxygen atoms in total. The van der Waals surface area contributed by atoms with E-state index >= 15 is 0 Å². The van der Waals surface area contributed by atoms with E-state index in [2.05, 4.69) is 10.6 Å². The van der Waals surface area contributed by atoms with E-state index in [1.54, 1.807) is 13.8 Å². The van der Waals surface area contributed by atoms with Crippen LogP contribution < -0.4 is 15.4 Å². The molecule has 3 amide bonds. The first-order chi connectivity index (χ1) is 18.7. The Morgan fingerprint density at radius 2 is 1.87 bits per heavy atom. The van der Waals surface area contributed by atoms with Gasteiger partial charge in [0, 0.05) is 5.56 Å². The molecule has 2 atom stereocenters. The number of phenols is 1. The molecule has 2 rings (SSSR count). The predicted octanol–water partition coefficient (Wildman–Crippen LogP) is 3.46. The molecule has 1 heterocycles. The molecule has 0 radical (unpaired) electrons. The Kier molecular flexibility index (Phi) is 12.3. The first kappa shape index (κ1) is 31.2. The first-order valence-corrected chi connectivity index (χ1v) is 12.9. The summed E-state index contributed by atoms with van der Waals surface area (Å²) in [7, 11) is 1.19. The average molecular weight is 548 g/mol. The molecule has 1 unspecified atom stereocenters. The molecule has 12 heteroatoms. The third kappa shape index (κ3) is 8.21. The van der Waals surface area contributed by atoms with Gasteiger partial charge in [-0.25, -0.2) is 9.86 Å². The Bertz CT molecular complexity index is 1130. The molecule has 214 valence electrons. The zero-order valence-electron chi connectivity index (χ0n) is 22.7. The smallest absolute Gasteiger partial charge is 0.345 e. The number of nitrogens with zero attached hydrogens (tertiary/aromatic N) is 1. The summed E-state index contributed by atoms with van der Waals surface area (Å²) < 4.78 is 15.8. The van der Waals surface area contributed by atoms with Crippen LogP contribution in [0.4, 0.5) is 0 Å². The lowest BCUT2D eigenvalue weighted by molar-refractivity contribution is -0.168. The monoisotopic (exact) mass is 547 g/mol. The minimum absolute atomic E-state index is 0.0536. The van der Waals surface area contributed by atoms with Gasteiger partial charge in [-0.2, -0.15) is 0 Å². The molecule has 0 bridgehead atoms. The minimum atomic E-state index is -0.764. The number of esters is 1. The maximum atomic E-state index is 12.9. The van der Waals surface area contributed by atoms with Crippen molar-refractivity contribution < 1.29 is 43.4 Å². The second-order valence-corrected chi connectivity index (χ2v) is 8.74. The summed E-state index contributed by atoms with van der Waals surface area (Å²) in [5.74, 6) is -2.51. The van der Waals surface area contributed by atoms with E-state index < -0.39 is 29.7 Å². The lowest BCUT2D eigenvalue weighted by atomic mass is 9.90. The highest BCUT2D eigenvalue weighted by Crippen LogP contribution is 2.35. The number of hydrogen-bond acceptors (Lipinski definition) is 9. The number of hydrogen-bond donors (Lipinski definition) is 4. The highest BCUT2D eigenvalue weighted by molar-refractivity contribution is 5.97. The molecule has 1 aromatic carbocycles. The highest BCUT2D eigenvalue weighted by Gasteiger charge is 2.30. The van der Waals surface area contributed by atoms with Crippen molar-refractivity contribution in [1.29, 1.82) is 0 Å². The van der Waals surface area contributed by atoms with E-state index in [1.165, 1.54) is 31.4 Å². The summed E-state index contributed by atoms with van der Waals surface area (Å²) in [6.45, 7) is 5.55. The van der Waals surface area contributed by atoms with Crippen LogP contribution in [0.15, 0.2) is 28.7 Å². The summed E-state index contributed by atoms with van der Waals surface area (Å²) in [5, 5.41) is 26.0. The van der Waals surface area contributed by atoms with Crippen molar-refractivity contribution in [1.82, 2.24) is 15.7 Å². The Morgan fingerprint density at radius 1 is 1.13 bits per heavy atom. The van der Waals surface area contributed by atoms with Gasteiger partial charge in [-0.3, -0.25) is 19.6 Å². The van der Waals surface area contributed by atoms with Crippen molar-refractivity contribution in [2.75, 3.05) is 20.4 Å². The maximum Gasteiger partial charge on any atom is 0.345 e. The van der Waals surface area contributed by atoms with Crippen LogP contribution in [-0.4, -0.2) is 66.0 Å². The second-order valence-electron chi connectivity index (χ2n) is 8.74. The number of phenolic OH excluding ortho intramolecular Hbond substituents is 1. The van der Waals surface area contributed by atoms with Gasteiger partial charge in [0.15, 0.2) is 5.76 Å². The molecule has 0 saturated carbocycles. The van der Waals surface area contributed by atoms with Crippen molar-refractivity contribution in [2.24, 2.45) is 5.92 Å². The number of benzene rings is 1. The Hall–Kier alpha value is -4.06. The number of aromatic hydroxyl groups is 1. The van der Waals surface area contributed by atoms with Gasteiger partial charge in [0.1, 0.15) is 22.8 Å². The van der Waals surface area contributed by atoms with Crippen molar-refractivity contribution in [3.63, 3.8) is 0 Å². The van der Waals surface area contributed by atoms with Crippen LogP contribution in [0.2, 0.25) is 0 Å². The largest absolute Gasteiger partial charge is 0.507 e. The number of ether oxygens (including phenoxy) is 2. The minimum Gasteiger partial charge on any atom is -0.507 e. The Balaban J connectivity index is 2.09. The van der Waals surface area contributed by atoms with Crippen LogP contribution in [0.5, 0.6) is 11.5 Å². The number of furan rings is 1. The number of methoxy groups -OCH3 is 1. The molecular formula is C27H37N3O9. The highest BCUT2D eigenvalue weighted by atomic mass is 16.5. The number of nitrogens with one attached hydrogen (secondary N) is 2. The molecule has 0 saturated heterocycles. The van der Waals surface area contributed by atoms with Crippen LogP contribution in [0, 0.1) is 5.92 Å². The molecule has 0 aliphatic rings. The number of rotatable bonds is 16. The molecule has 2 aromatic rings. The van der Waals surface area contributed by atoms with Crippen LogP contribution >= 0.6 is 0 Å². The summed E-state index contributed by atoms with van der Waals surface area (Å²) in [5.41, 5.74) is 0.236. The fourth-order valence-electron chi connectivity index (χ4n) is 4.21. The van der Waals surface area contributed by atoms with E-state index in [0.29, 0.717) is 23.5 Å². The van der Waals surface area contributed by atoms with Gasteiger partial charge in [-0.15, -0.1) is 0 Å². The van der Waals surface area contributed by atoms with E-state index in [1.807, 2.05) is 6.92 Å². The molecule has 4 N–H and O–H groups in total. The lowest BCUT2D eigenvalue weighted by Gasteiger charge is -2.29. The maximum absolute atomic E-state index is 12.9. The zero-order chi connectivity index (χ0) is 28.9. The topological polar surface area (TPSA) is 168 Å². The van der Waals surface area contributed by atoms with Crippen molar-refractivity contribution in [3.8, 4) is 22.8 Å². The third-order valence-corrected chi connectivity index (χ3v) is 6.18. The summed E-state index contributed by atoms with van der Waals surface area (Å²) in [6, 6.07) is 5.03. The van der Waals surface area contributed by atoms with Crippen LogP contribution in [0.1, 0.15) is 73.8 Å². The lowest BCUT2D eigenvalue weighted by Crippen LogP contribution is -2.47. The summed E-state index contributed by atoms with van der Waals surface area (Å²) >= 11 is 0. The number of hydroxylamine groups is 2. The van der Waals surface area contributed by atoms with E-state index in [0.717, 1.165) is 19.3 Å². The fourth-order valence-corrected chi connectivity index (χ4v) is 4.21. The van der Waals surface area contributed by atoms with Crippen LogP contribution in [-0.2, 0) is 14.3 Å². The van der Waals surface area contributed by atoms with Crippen LogP contribution in [0.3, 0.4) is 0 Å². The zero-order valence-corrected chi connectivity index (χ0v) is 22.7. The Morgan fingerprint density at radius 3 is 2.49 bits per heavy atom. The van der Waals surface area contributed by atoms with E-state index in [9.17, 15) is 29.5 Å². The van der Waals surface area contributed by atoms with Gasteiger partial charge in [0.05, 0.1) is 32.3 Å². The summed E-state index contributed by atoms with van der Waals surface area (Å²) in [6.07, 6.45) is 3.74. The van der Waals surface area contributed by atoms with Gasteiger partial charge < -0.3 is 29.6 Å². The molecule has 0 fully saturated rings. The van der Waals surface area contributed by atoms with Crippen molar-refractivity contribution in [2.45, 2.75) is 58.9 Å². The van der Waals surface area contributed by atoms with Crippen molar-refractivity contribution >= 4 is 24.2 Å². The first-order valence-electron chi connectivity index (χ1n) is 12.9. The molecule has 1 aromatic heterocycles. The molecule has 0 aliphatic carbocycles. The van der Waals surface area contributed by atoms with Gasteiger partial charge in [-0.05, 0) is 44.0 Å². The molecule has 0 aliphatic heterocycles. The molecule has 0 spiro atoms. The number of carbonyl (C=O) groups excluding carboxylic acids is 4. The van der Waals surface area contributed by atoms with Gasteiger partial charge in [0.2, 0.25) is 12.3 Å². The van der Waals surface area contributed by atoms with Crippen molar-refractivity contribution in [3.05, 3.63) is 35.6 Å². The van der Waals surface area contributed by atoms with Gasteiger partial charge in [-0.1, -0.05) is 33.1 Å². The number of carbonyl (C=O) groups is 4. The van der Waals surface area contributed by atoms with Gasteiger partial charge >= 0.3 is 5.97 Å². The average Bonchev–Trinajstić information content (AvgIpc) is 3.42. The third-order valence-electron chi connectivity index (χ3n) is 6.18. The quantitative estimate of drug-likeness (QED) is 0.0614. The summed E-state index contributed by atoms with van der Waals surface area (Å²) in [4.78, 5) is 48.6. The molecular weight excluding hydrogens is 510 g/mol. The van der Waals surface area contributed by atoms with E-state index in [-0.39, 0.29) is 48.3 Å². The second kappa shape index (κ2) is 15.4. The SMILES string of the molecule is CCCCCC(C(=O)NCNC(=O)c1ccc(-c2cc(O)c(C(=O)OC)c(OCC)c2)o1)[C@@H](CC)N(O)C=O. The number of amides is 3. The van der Waals surface area contributed by atoms with Gasteiger partial charge in [0.25, 0.3) is 5.91 Å². The molecule has 39 heavy (non-hydrogen) atoms. The Labute approximate surface area is 227 Å². The predicted molar refractivity (Wildman–Crippen MR) is 140 cm³/mol. The fraction of sp³-hybridized carbons (Fsp3) is 0.481.